The van der Waals surface area contributed by atoms with E-state index in [4.69, 9.17) is 10.5 Å². The summed E-state index contributed by atoms with van der Waals surface area (Å²) < 4.78 is 5.64. The normalized spacial score (nSPS) is 32.7. The highest BCUT2D eigenvalue weighted by Crippen LogP contribution is 2.56. The van der Waals surface area contributed by atoms with E-state index in [-0.39, 0.29) is 11.3 Å². The van der Waals surface area contributed by atoms with Crippen LogP contribution in [0.4, 0.5) is 0 Å². The maximum atomic E-state index is 14.3. The summed E-state index contributed by atoms with van der Waals surface area (Å²) in [7, 11) is 4.52. The second-order valence-electron chi connectivity index (χ2n) is 13.3. The Balaban J connectivity index is 1.50. The van der Waals surface area contributed by atoms with Crippen molar-refractivity contribution in [2.45, 2.75) is 50.0 Å². The molecule has 6 rings (SSSR count). The zero-order valence-electron chi connectivity index (χ0n) is 26.2. The first-order valence-corrected chi connectivity index (χ1v) is 15.5. The molecule has 3 fully saturated rings. The lowest BCUT2D eigenvalue weighted by atomic mass is 9.49. The first-order chi connectivity index (χ1) is 21.7. The molecule has 0 bridgehead atoms. The van der Waals surface area contributed by atoms with Gasteiger partial charge in [-0.15, -0.1) is 0 Å². The Labute approximate surface area is 266 Å². The molecule has 5 N–H and O–H groups in total. The fourth-order valence-electron chi connectivity index (χ4n) is 8.57. The molecular formula is C34H39N3O9. The number of nitrogens with two attached hydrogens (primary N) is 1. The summed E-state index contributed by atoms with van der Waals surface area (Å²) >= 11 is 0. The van der Waals surface area contributed by atoms with Crippen LogP contribution in [0.3, 0.4) is 0 Å². The van der Waals surface area contributed by atoms with Crippen LogP contribution in [0.1, 0.15) is 47.2 Å². The molecule has 3 aliphatic carbocycles. The van der Waals surface area contributed by atoms with Crippen LogP contribution < -0.4 is 10.5 Å². The molecule has 2 unspecified atom stereocenters. The van der Waals surface area contributed by atoms with E-state index in [1.165, 1.54) is 25.1 Å². The van der Waals surface area contributed by atoms with Crippen LogP contribution in [0.15, 0.2) is 30.3 Å². The SMILES string of the molecule is COc1ccc(-c2ccc(O)c3c2[C@@H](C)[C@H]2C(C3=O)C(=O)[C@@]3(O)C(=O)C(C(N)=O)C(=O)[C@H](N(C)C)[C@H]3[C@@H]2O)cc1CN1CCCC1. The lowest BCUT2D eigenvalue weighted by molar-refractivity contribution is -0.196. The van der Waals surface area contributed by atoms with E-state index in [1.807, 2.05) is 18.2 Å². The van der Waals surface area contributed by atoms with E-state index in [9.17, 15) is 39.3 Å². The van der Waals surface area contributed by atoms with Gasteiger partial charge in [0.05, 0.1) is 36.7 Å². The number of phenols is 1. The summed E-state index contributed by atoms with van der Waals surface area (Å²) in [6.07, 6.45) is 0.523. The molecule has 2 aromatic carbocycles. The van der Waals surface area contributed by atoms with Gasteiger partial charge in [-0.1, -0.05) is 19.1 Å². The number of aliphatic hydroxyl groups is 2. The maximum Gasteiger partial charge on any atom is 0.235 e. The summed E-state index contributed by atoms with van der Waals surface area (Å²) in [6.45, 7) is 4.30. The van der Waals surface area contributed by atoms with Gasteiger partial charge in [0.2, 0.25) is 5.91 Å². The number of likely N-dealkylation sites (tertiary alicyclic amines) is 1. The van der Waals surface area contributed by atoms with E-state index in [2.05, 4.69) is 4.90 Å². The van der Waals surface area contributed by atoms with Crippen molar-refractivity contribution in [3.05, 3.63) is 47.0 Å². The van der Waals surface area contributed by atoms with Gasteiger partial charge in [-0.2, -0.15) is 0 Å². The van der Waals surface area contributed by atoms with Gasteiger partial charge >= 0.3 is 0 Å². The van der Waals surface area contributed by atoms with Gasteiger partial charge in [0, 0.05) is 18.0 Å². The number of ether oxygens (including phenoxy) is 1. The van der Waals surface area contributed by atoms with Gasteiger partial charge in [0.1, 0.15) is 11.5 Å². The third kappa shape index (κ3) is 4.45. The van der Waals surface area contributed by atoms with Crippen LogP contribution in [-0.4, -0.2) is 106 Å². The zero-order valence-corrected chi connectivity index (χ0v) is 26.2. The molecule has 46 heavy (non-hydrogen) atoms. The topological polar surface area (TPSA) is 188 Å². The second kappa shape index (κ2) is 11.4. The fourth-order valence-corrected chi connectivity index (χ4v) is 8.57. The lowest BCUT2D eigenvalue weighted by Gasteiger charge is -2.56. The number of carbonyl (C=O) groups excluding carboxylic acids is 5. The molecule has 2 saturated carbocycles. The number of carbonyl (C=O) groups is 5. The molecule has 1 saturated heterocycles. The van der Waals surface area contributed by atoms with E-state index >= 15 is 0 Å². The van der Waals surface area contributed by atoms with Crippen LogP contribution in [0, 0.1) is 23.7 Å². The predicted molar refractivity (Wildman–Crippen MR) is 164 cm³/mol. The summed E-state index contributed by atoms with van der Waals surface area (Å²) in [5, 5.41) is 34.9. The number of fused-ring (bicyclic) bond motifs is 3. The van der Waals surface area contributed by atoms with Crippen LogP contribution in [0.2, 0.25) is 0 Å². The smallest absolute Gasteiger partial charge is 0.235 e. The van der Waals surface area contributed by atoms with Crippen molar-refractivity contribution in [3.8, 4) is 22.6 Å². The number of hydrogen-bond donors (Lipinski definition) is 4. The quantitative estimate of drug-likeness (QED) is 0.328. The van der Waals surface area contributed by atoms with Gasteiger partial charge in [-0.3, -0.25) is 33.8 Å². The lowest BCUT2D eigenvalue weighted by Crippen LogP contribution is -2.77. The maximum absolute atomic E-state index is 14.3. The first-order valence-electron chi connectivity index (χ1n) is 15.5. The van der Waals surface area contributed by atoms with Crippen LogP contribution >= 0.6 is 0 Å². The number of aromatic hydroxyl groups is 1. The Bertz CT molecular complexity index is 1670. The zero-order chi connectivity index (χ0) is 33.4. The Morgan fingerprint density at radius 3 is 2.37 bits per heavy atom. The van der Waals surface area contributed by atoms with Crippen molar-refractivity contribution in [2.24, 2.45) is 29.4 Å². The number of likely N-dealkylation sites (N-methyl/N-ethyl adjacent to an activating group) is 1. The number of methoxy groups -OCH3 is 1. The number of ketones is 4. The molecule has 2 aromatic rings. The van der Waals surface area contributed by atoms with Crippen LogP contribution in [0.25, 0.3) is 11.1 Å². The molecule has 244 valence electrons. The molecule has 12 nitrogen and oxygen atoms in total. The Morgan fingerprint density at radius 1 is 1.09 bits per heavy atom. The number of hydrogen-bond acceptors (Lipinski definition) is 11. The minimum atomic E-state index is -3.04. The summed E-state index contributed by atoms with van der Waals surface area (Å²) in [6, 6.07) is 7.27. The molecular weight excluding hydrogens is 594 g/mol. The van der Waals surface area contributed by atoms with Gasteiger partial charge in [-0.05, 0) is 80.8 Å². The molecule has 1 heterocycles. The molecule has 12 heteroatoms. The average molecular weight is 634 g/mol. The van der Waals surface area contributed by atoms with Crippen LogP contribution in [0.5, 0.6) is 11.5 Å². The molecule has 8 atom stereocenters. The van der Waals surface area contributed by atoms with Crippen molar-refractivity contribution in [3.63, 3.8) is 0 Å². The van der Waals surface area contributed by atoms with Gasteiger partial charge in [0.15, 0.2) is 34.7 Å². The number of rotatable bonds is 6. The van der Waals surface area contributed by atoms with E-state index < -0.39 is 76.4 Å². The largest absolute Gasteiger partial charge is 0.507 e. The number of benzene rings is 2. The molecule has 1 amide bonds. The van der Waals surface area contributed by atoms with Gasteiger partial charge in [0.25, 0.3) is 0 Å². The van der Waals surface area contributed by atoms with Gasteiger partial charge < -0.3 is 25.8 Å². The summed E-state index contributed by atoms with van der Waals surface area (Å²) in [5.41, 5.74) is 4.89. The monoisotopic (exact) mass is 633 g/mol. The predicted octanol–water partition coefficient (Wildman–Crippen LogP) is 0.670. The van der Waals surface area contributed by atoms with Crippen molar-refractivity contribution in [1.29, 1.82) is 0 Å². The Kier molecular flexibility index (Phi) is 7.91. The molecule has 4 aliphatic rings. The van der Waals surface area contributed by atoms with Crippen molar-refractivity contribution in [1.82, 2.24) is 9.80 Å². The number of phenolic OH excluding ortho intramolecular Hbond substituents is 1. The highest BCUT2D eigenvalue weighted by molar-refractivity contribution is 6.32. The average Bonchev–Trinajstić information content (AvgIpc) is 3.52. The number of nitrogens with zero attached hydrogens (tertiary/aromatic N) is 2. The molecule has 0 radical (unpaired) electrons. The molecule has 0 spiro atoms. The number of amides is 1. The van der Waals surface area contributed by atoms with Crippen molar-refractivity contribution >= 4 is 29.0 Å². The standard InChI is InChI=1S/C34H39N3O9/c1-15-21-18(16-7-10-20(46-4)17(13-16)14-37-11-5-6-12-37)8-9-19(38)23(21)28(39)24-22(15)29(40)26-27(36(2)3)30(41)25(33(35)44)32(43)34(26,45)31(24)42/h7-10,13,15,22,24-27,29,38,40,45H,5-6,11-12,14H2,1-4H3,(H2,35,44)/t15-,22+,24?,25?,26+,27-,29-,34-/m1/s1. The minimum Gasteiger partial charge on any atom is -0.507 e. The third-order valence-corrected chi connectivity index (χ3v) is 10.7. The van der Waals surface area contributed by atoms with E-state index in [0.717, 1.165) is 37.1 Å². The minimum absolute atomic E-state index is 0.138. The summed E-state index contributed by atoms with van der Waals surface area (Å²) in [4.78, 5) is 71.5. The fraction of sp³-hybridized carbons (Fsp3) is 0.500. The van der Waals surface area contributed by atoms with Gasteiger partial charge in [-0.25, -0.2) is 0 Å². The highest BCUT2D eigenvalue weighted by Gasteiger charge is 2.73. The van der Waals surface area contributed by atoms with E-state index in [0.29, 0.717) is 23.4 Å². The van der Waals surface area contributed by atoms with Crippen molar-refractivity contribution < 1.29 is 44.0 Å². The molecule has 1 aliphatic heterocycles. The summed E-state index contributed by atoms with van der Waals surface area (Å²) in [5.74, 6) is -12.9. The second-order valence-corrected chi connectivity index (χ2v) is 13.3. The number of primary amides is 1. The Hall–Kier alpha value is -3.97. The first kappa shape index (κ1) is 32.0. The Morgan fingerprint density at radius 2 is 1.76 bits per heavy atom. The third-order valence-electron chi connectivity index (χ3n) is 10.7. The van der Waals surface area contributed by atoms with Crippen molar-refractivity contribution in [2.75, 3.05) is 34.3 Å². The molecule has 0 aromatic heterocycles. The number of aliphatic hydroxyl groups excluding tert-OH is 1. The highest BCUT2D eigenvalue weighted by atomic mass is 16.5. The van der Waals surface area contributed by atoms with E-state index in [1.54, 1.807) is 20.1 Å². The van der Waals surface area contributed by atoms with Crippen LogP contribution in [-0.2, 0) is 25.7 Å². The number of Topliss-reactive ketones (excluding diaryl/α,β-unsaturated/α-hetero) is 4.